The summed E-state index contributed by atoms with van der Waals surface area (Å²) in [5.74, 6) is -0.711. The van der Waals surface area contributed by atoms with Gasteiger partial charge in [0.05, 0.1) is 12.0 Å². The topological polar surface area (TPSA) is 49.3 Å². The van der Waals surface area contributed by atoms with E-state index in [4.69, 9.17) is 46.4 Å². The summed E-state index contributed by atoms with van der Waals surface area (Å²) in [5, 5.41) is 13.3. The van der Waals surface area contributed by atoms with Crippen LogP contribution in [0.5, 0.6) is 0 Å². The van der Waals surface area contributed by atoms with Gasteiger partial charge in [0, 0.05) is 22.2 Å². The molecule has 2 unspecified atom stereocenters. The summed E-state index contributed by atoms with van der Waals surface area (Å²) in [7, 11) is 0. The van der Waals surface area contributed by atoms with Gasteiger partial charge in [0.2, 0.25) is 5.91 Å². The Hall–Kier alpha value is -0.190. The van der Waals surface area contributed by atoms with Gasteiger partial charge in [0.25, 0.3) is 0 Å². The minimum absolute atomic E-state index is 0.00262. The molecule has 7 heteroatoms. The molecule has 1 fully saturated rings. The first-order valence-electron chi connectivity index (χ1n) is 5.60. The Bertz CT molecular complexity index is 486. The first-order chi connectivity index (χ1) is 8.83. The second kappa shape index (κ2) is 5.66. The van der Waals surface area contributed by atoms with Crippen molar-refractivity contribution in [2.24, 2.45) is 5.92 Å². The lowest BCUT2D eigenvalue weighted by Gasteiger charge is -2.15. The number of carbonyl (C=O) groups excluding carboxylic acids is 1. The third kappa shape index (κ3) is 3.47. The number of aliphatic hydroxyl groups is 1. The molecule has 0 radical (unpaired) electrons. The minimum atomic E-state index is -0.982. The summed E-state index contributed by atoms with van der Waals surface area (Å²) < 4.78 is -0.975. The molecule has 1 aliphatic rings. The van der Waals surface area contributed by atoms with Crippen LogP contribution in [0.1, 0.15) is 18.1 Å². The largest absolute Gasteiger partial charge is 0.386 e. The summed E-state index contributed by atoms with van der Waals surface area (Å²) in [6.45, 7) is 0.00262. The predicted molar refractivity (Wildman–Crippen MR) is 77.0 cm³/mol. The fourth-order valence-electron chi connectivity index (χ4n) is 1.75. The highest BCUT2D eigenvalue weighted by Crippen LogP contribution is 2.53. The third-order valence-electron chi connectivity index (χ3n) is 2.95. The first kappa shape index (κ1) is 15.2. The smallest absolute Gasteiger partial charge is 0.226 e. The quantitative estimate of drug-likeness (QED) is 0.824. The van der Waals surface area contributed by atoms with Crippen LogP contribution in [0, 0.1) is 5.92 Å². The van der Waals surface area contributed by atoms with Crippen molar-refractivity contribution in [1.29, 1.82) is 0 Å². The molecule has 1 aliphatic carbocycles. The zero-order valence-corrected chi connectivity index (χ0v) is 12.7. The Kier molecular flexibility index (Phi) is 4.53. The Labute approximate surface area is 130 Å². The van der Waals surface area contributed by atoms with Crippen LogP contribution >= 0.6 is 46.4 Å². The molecular formula is C12H11Cl4NO2. The molecule has 0 aromatic heterocycles. The van der Waals surface area contributed by atoms with Crippen molar-refractivity contribution in [3.8, 4) is 0 Å². The number of hydrogen-bond acceptors (Lipinski definition) is 2. The van der Waals surface area contributed by atoms with E-state index in [-0.39, 0.29) is 12.5 Å². The first-order valence-corrected chi connectivity index (χ1v) is 7.11. The van der Waals surface area contributed by atoms with Crippen LogP contribution < -0.4 is 5.32 Å². The van der Waals surface area contributed by atoms with E-state index in [9.17, 15) is 9.90 Å². The molecule has 3 nitrogen and oxygen atoms in total. The van der Waals surface area contributed by atoms with Gasteiger partial charge < -0.3 is 10.4 Å². The maximum absolute atomic E-state index is 11.7. The number of aliphatic hydroxyl groups excluding tert-OH is 1. The number of alkyl halides is 2. The molecule has 0 spiro atoms. The van der Waals surface area contributed by atoms with Gasteiger partial charge in [-0.25, -0.2) is 0 Å². The fourth-order valence-corrected chi connectivity index (χ4v) is 2.91. The molecule has 19 heavy (non-hydrogen) atoms. The maximum Gasteiger partial charge on any atom is 0.226 e. The molecule has 2 rings (SSSR count). The molecule has 0 aliphatic heterocycles. The van der Waals surface area contributed by atoms with Gasteiger partial charge in [0.15, 0.2) is 0 Å². The zero-order valence-electron chi connectivity index (χ0n) is 9.67. The molecule has 2 N–H and O–H groups in total. The lowest BCUT2D eigenvalue weighted by Crippen LogP contribution is -2.31. The molecule has 1 aromatic rings. The van der Waals surface area contributed by atoms with Gasteiger partial charge in [-0.2, -0.15) is 0 Å². The van der Waals surface area contributed by atoms with E-state index in [1.807, 2.05) is 0 Å². The number of amides is 1. The van der Waals surface area contributed by atoms with E-state index >= 15 is 0 Å². The lowest BCUT2D eigenvalue weighted by atomic mass is 10.1. The molecule has 1 aromatic carbocycles. The maximum atomic E-state index is 11.7. The Morgan fingerprint density at radius 1 is 1.42 bits per heavy atom. The minimum Gasteiger partial charge on any atom is -0.386 e. The summed E-state index contributed by atoms with van der Waals surface area (Å²) in [4.78, 5) is 11.7. The van der Waals surface area contributed by atoms with Gasteiger partial charge in [-0.3, -0.25) is 4.79 Å². The van der Waals surface area contributed by atoms with Crippen LogP contribution in [0.2, 0.25) is 10.0 Å². The molecule has 0 heterocycles. The fraction of sp³-hybridized carbons (Fsp3) is 0.417. The van der Waals surface area contributed by atoms with E-state index in [2.05, 4.69) is 5.32 Å². The number of nitrogens with one attached hydrogen (secondary N) is 1. The molecule has 0 saturated heterocycles. The van der Waals surface area contributed by atoms with Crippen molar-refractivity contribution >= 4 is 52.3 Å². The highest BCUT2D eigenvalue weighted by atomic mass is 35.5. The second-order valence-electron chi connectivity index (χ2n) is 4.41. The van der Waals surface area contributed by atoms with Crippen molar-refractivity contribution in [2.75, 3.05) is 6.54 Å². The SMILES string of the molecule is O=C(NCC(O)c1c(Cl)cccc1Cl)C1CC1(Cl)Cl. The molecule has 0 bridgehead atoms. The van der Waals surface area contributed by atoms with Crippen LogP contribution in [-0.2, 0) is 4.79 Å². The van der Waals surface area contributed by atoms with E-state index in [0.29, 0.717) is 22.0 Å². The standard InChI is InChI=1S/C12H11Cl4NO2/c13-7-2-1-3-8(14)10(7)9(18)5-17-11(19)6-4-12(6,15)16/h1-3,6,9,18H,4-5H2,(H,17,19). The Morgan fingerprint density at radius 3 is 2.42 bits per heavy atom. The molecule has 2 atom stereocenters. The second-order valence-corrected chi connectivity index (χ2v) is 6.77. The van der Waals surface area contributed by atoms with Crippen molar-refractivity contribution in [2.45, 2.75) is 16.9 Å². The van der Waals surface area contributed by atoms with E-state index in [0.717, 1.165) is 0 Å². The molecule has 104 valence electrons. The molecular weight excluding hydrogens is 332 g/mol. The van der Waals surface area contributed by atoms with Crippen LogP contribution in [-0.4, -0.2) is 21.9 Å². The van der Waals surface area contributed by atoms with Gasteiger partial charge in [-0.15, -0.1) is 23.2 Å². The summed E-state index contributed by atoms with van der Waals surface area (Å²) in [6.07, 6.45) is -0.561. The van der Waals surface area contributed by atoms with Gasteiger partial charge in [0.1, 0.15) is 4.33 Å². The van der Waals surface area contributed by atoms with Crippen molar-refractivity contribution in [3.05, 3.63) is 33.8 Å². The van der Waals surface area contributed by atoms with Crippen molar-refractivity contribution < 1.29 is 9.90 Å². The van der Waals surface area contributed by atoms with Crippen molar-refractivity contribution in [3.63, 3.8) is 0 Å². The zero-order chi connectivity index (χ0) is 14.2. The highest BCUT2D eigenvalue weighted by molar-refractivity contribution is 6.52. The number of hydrogen-bond donors (Lipinski definition) is 2. The summed E-state index contributed by atoms with van der Waals surface area (Å²) >= 11 is 23.5. The average Bonchev–Trinajstić information content (AvgIpc) is 2.95. The van der Waals surface area contributed by atoms with Crippen LogP contribution in [0.3, 0.4) is 0 Å². The number of halogens is 4. The highest BCUT2D eigenvalue weighted by Gasteiger charge is 2.56. The van der Waals surface area contributed by atoms with Crippen LogP contribution in [0.25, 0.3) is 0 Å². The van der Waals surface area contributed by atoms with E-state index in [1.54, 1.807) is 18.2 Å². The van der Waals surface area contributed by atoms with Crippen LogP contribution in [0.4, 0.5) is 0 Å². The average molecular weight is 343 g/mol. The third-order valence-corrected chi connectivity index (χ3v) is 4.44. The normalized spacial score (nSPS) is 21.8. The Morgan fingerprint density at radius 2 is 1.95 bits per heavy atom. The van der Waals surface area contributed by atoms with E-state index < -0.39 is 16.4 Å². The summed E-state index contributed by atoms with van der Waals surface area (Å²) in [6, 6.07) is 4.92. The predicted octanol–water partition coefficient (Wildman–Crippen LogP) is 3.34. The van der Waals surface area contributed by atoms with Gasteiger partial charge >= 0.3 is 0 Å². The molecule has 1 amide bonds. The monoisotopic (exact) mass is 341 g/mol. The van der Waals surface area contributed by atoms with Crippen LogP contribution in [0.15, 0.2) is 18.2 Å². The summed E-state index contributed by atoms with van der Waals surface area (Å²) in [5.41, 5.74) is 0.393. The van der Waals surface area contributed by atoms with Gasteiger partial charge in [-0.05, 0) is 18.6 Å². The molecule has 1 saturated carbocycles. The lowest BCUT2D eigenvalue weighted by molar-refractivity contribution is -0.122. The Balaban J connectivity index is 1.95. The number of benzene rings is 1. The van der Waals surface area contributed by atoms with Gasteiger partial charge in [-0.1, -0.05) is 29.3 Å². The van der Waals surface area contributed by atoms with E-state index in [1.165, 1.54) is 0 Å². The number of rotatable bonds is 4. The van der Waals surface area contributed by atoms with Crippen molar-refractivity contribution in [1.82, 2.24) is 5.32 Å². The number of carbonyl (C=O) groups is 1.